The van der Waals surface area contributed by atoms with E-state index in [1.54, 1.807) is 30.8 Å². The Morgan fingerprint density at radius 1 is 1.09 bits per heavy atom. The van der Waals surface area contributed by atoms with E-state index in [0.717, 1.165) is 16.5 Å². The van der Waals surface area contributed by atoms with E-state index in [1.165, 1.54) is 17.9 Å². The molecular weight excluding hydrogens is 434 g/mol. The summed E-state index contributed by atoms with van der Waals surface area (Å²) in [5.41, 5.74) is 4.62. The van der Waals surface area contributed by atoms with Crippen LogP contribution in [0.1, 0.15) is 29.3 Å². The number of hydrogen-bond acceptors (Lipinski definition) is 5. The van der Waals surface area contributed by atoms with Crippen LogP contribution in [0, 0.1) is 20.8 Å². The van der Waals surface area contributed by atoms with Gasteiger partial charge >= 0.3 is 5.97 Å². The first-order valence-corrected chi connectivity index (χ1v) is 11.0. The van der Waals surface area contributed by atoms with E-state index in [-0.39, 0.29) is 17.7 Å². The van der Waals surface area contributed by atoms with Crippen LogP contribution < -0.4 is 10.9 Å². The SMILES string of the molecule is Cc1cc2occ(CC(=O)OC(C)C(=O)Nc3c(C)n(C)n(-c4ccccc4)c3=O)c2cc1C. The number of nitrogens with zero attached hydrogens (tertiary/aromatic N) is 2. The van der Waals surface area contributed by atoms with Gasteiger partial charge in [0.15, 0.2) is 6.10 Å². The zero-order valence-electron chi connectivity index (χ0n) is 19.8. The average molecular weight is 462 g/mol. The molecule has 2 aromatic carbocycles. The van der Waals surface area contributed by atoms with Crippen molar-refractivity contribution in [3.8, 4) is 5.69 Å². The van der Waals surface area contributed by atoms with Gasteiger partial charge in [-0.25, -0.2) is 4.68 Å². The third-order valence-corrected chi connectivity index (χ3v) is 6.08. The van der Waals surface area contributed by atoms with Crippen molar-refractivity contribution in [1.29, 1.82) is 0 Å². The summed E-state index contributed by atoms with van der Waals surface area (Å²) >= 11 is 0. The van der Waals surface area contributed by atoms with Gasteiger partial charge < -0.3 is 14.5 Å². The summed E-state index contributed by atoms with van der Waals surface area (Å²) in [5.74, 6) is -1.14. The Kier molecular flexibility index (Phi) is 6.15. The van der Waals surface area contributed by atoms with E-state index in [4.69, 9.17) is 9.15 Å². The van der Waals surface area contributed by atoms with Gasteiger partial charge in [-0.1, -0.05) is 18.2 Å². The van der Waals surface area contributed by atoms with E-state index in [9.17, 15) is 14.4 Å². The molecule has 0 fully saturated rings. The Bertz CT molecular complexity index is 1440. The fourth-order valence-electron chi connectivity index (χ4n) is 3.86. The second-order valence-electron chi connectivity index (χ2n) is 8.43. The molecule has 0 spiro atoms. The molecule has 0 aliphatic heterocycles. The van der Waals surface area contributed by atoms with Crippen LogP contribution in [0.2, 0.25) is 0 Å². The first kappa shape index (κ1) is 23.1. The number of carbonyl (C=O) groups excluding carboxylic acids is 2. The molecule has 1 unspecified atom stereocenters. The third-order valence-electron chi connectivity index (χ3n) is 6.08. The number of amides is 1. The summed E-state index contributed by atoms with van der Waals surface area (Å²) < 4.78 is 14.1. The first-order valence-electron chi connectivity index (χ1n) is 11.0. The molecule has 8 heteroatoms. The number of rotatable bonds is 6. The fraction of sp³-hybridized carbons (Fsp3) is 0.269. The lowest BCUT2D eigenvalue weighted by atomic mass is 10.0. The first-order chi connectivity index (χ1) is 16.2. The highest BCUT2D eigenvalue weighted by Crippen LogP contribution is 2.25. The number of aryl methyl sites for hydroxylation is 2. The Morgan fingerprint density at radius 2 is 1.76 bits per heavy atom. The molecule has 0 saturated heterocycles. The summed E-state index contributed by atoms with van der Waals surface area (Å²) in [4.78, 5) is 38.3. The molecule has 1 atom stereocenters. The van der Waals surface area contributed by atoms with Crippen LogP contribution in [0.25, 0.3) is 16.7 Å². The summed E-state index contributed by atoms with van der Waals surface area (Å²) in [5, 5.41) is 3.47. The van der Waals surface area contributed by atoms with Crippen LogP contribution in [0.3, 0.4) is 0 Å². The minimum Gasteiger partial charge on any atom is -0.464 e. The Hall–Kier alpha value is -4.07. The number of para-hydroxylation sites is 1. The smallest absolute Gasteiger partial charge is 0.311 e. The molecule has 4 aromatic rings. The molecular formula is C26H27N3O5. The molecule has 1 N–H and O–H groups in total. The molecule has 2 heterocycles. The molecule has 1 amide bonds. The number of esters is 1. The molecule has 8 nitrogen and oxygen atoms in total. The van der Waals surface area contributed by atoms with Crippen molar-refractivity contribution in [2.45, 2.75) is 40.2 Å². The highest BCUT2D eigenvalue weighted by Gasteiger charge is 2.24. The van der Waals surface area contributed by atoms with E-state index in [2.05, 4.69) is 5.32 Å². The Labute approximate surface area is 196 Å². The molecule has 0 saturated carbocycles. The van der Waals surface area contributed by atoms with E-state index < -0.39 is 18.0 Å². The van der Waals surface area contributed by atoms with Crippen LogP contribution in [-0.4, -0.2) is 27.3 Å². The van der Waals surface area contributed by atoms with Crippen LogP contribution in [0.15, 0.2) is 57.9 Å². The number of furan rings is 1. The maximum atomic E-state index is 13.0. The number of hydrogen-bond donors (Lipinski definition) is 1. The Morgan fingerprint density at radius 3 is 2.47 bits per heavy atom. The highest BCUT2D eigenvalue weighted by atomic mass is 16.5. The number of carbonyl (C=O) groups is 2. The van der Waals surface area contributed by atoms with Crippen LogP contribution in [-0.2, 0) is 27.8 Å². The fourth-order valence-corrected chi connectivity index (χ4v) is 3.86. The summed E-state index contributed by atoms with van der Waals surface area (Å²) in [6, 6.07) is 13.0. The zero-order chi connectivity index (χ0) is 24.6. The van der Waals surface area contributed by atoms with Crippen molar-refractivity contribution in [3.63, 3.8) is 0 Å². The summed E-state index contributed by atoms with van der Waals surface area (Å²) in [6.07, 6.45) is 0.423. The standard InChI is InChI=1S/C26H27N3O5/c1-15-11-21-19(14-33-22(21)12-16(15)2)13-23(30)34-18(4)25(31)27-24-17(3)28(5)29(26(24)32)20-9-7-6-8-10-20/h6-12,14,18H,13H2,1-5H3,(H,27,31). The van der Waals surface area contributed by atoms with Crippen LogP contribution in [0.4, 0.5) is 5.69 Å². The largest absolute Gasteiger partial charge is 0.464 e. The van der Waals surface area contributed by atoms with Gasteiger partial charge in [0.1, 0.15) is 11.3 Å². The van der Waals surface area contributed by atoms with Gasteiger partial charge in [0.2, 0.25) is 0 Å². The Balaban J connectivity index is 1.46. The average Bonchev–Trinajstić information content (AvgIpc) is 3.27. The molecule has 0 aliphatic rings. The van der Waals surface area contributed by atoms with E-state index in [0.29, 0.717) is 22.5 Å². The van der Waals surface area contributed by atoms with Gasteiger partial charge in [-0.15, -0.1) is 0 Å². The van der Waals surface area contributed by atoms with Crippen molar-refractivity contribution in [3.05, 3.63) is 81.5 Å². The third kappa shape index (κ3) is 4.26. The molecule has 34 heavy (non-hydrogen) atoms. The van der Waals surface area contributed by atoms with Crippen molar-refractivity contribution >= 4 is 28.5 Å². The molecule has 0 aliphatic carbocycles. The van der Waals surface area contributed by atoms with Gasteiger partial charge in [-0.2, -0.15) is 0 Å². The minimum atomic E-state index is -1.08. The van der Waals surface area contributed by atoms with Crippen LogP contribution in [0.5, 0.6) is 0 Å². The lowest BCUT2D eigenvalue weighted by Gasteiger charge is -2.13. The van der Waals surface area contributed by atoms with Gasteiger partial charge in [0, 0.05) is 18.0 Å². The maximum Gasteiger partial charge on any atom is 0.311 e. The monoisotopic (exact) mass is 461 g/mol. The van der Waals surface area contributed by atoms with Crippen molar-refractivity contribution in [2.24, 2.45) is 7.05 Å². The van der Waals surface area contributed by atoms with Gasteiger partial charge in [0.25, 0.3) is 11.5 Å². The number of fused-ring (bicyclic) bond motifs is 1. The predicted octanol–water partition coefficient (Wildman–Crippen LogP) is 3.96. The van der Waals surface area contributed by atoms with Gasteiger partial charge in [-0.3, -0.25) is 19.1 Å². The molecule has 176 valence electrons. The lowest BCUT2D eigenvalue weighted by molar-refractivity contribution is -0.152. The van der Waals surface area contributed by atoms with Gasteiger partial charge in [-0.05, 0) is 63.1 Å². The minimum absolute atomic E-state index is 0.0295. The lowest BCUT2D eigenvalue weighted by Crippen LogP contribution is -2.32. The summed E-state index contributed by atoms with van der Waals surface area (Å²) in [7, 11) is 1.74. The number of benzene rings is 2. The molecule has 0 bridgehead atoms. The summed E-state index contributed by atoms with van der Waals surface area (Å²) in [6.45, 7) is 7.20. The second kappa shape index (κ2) is 9.05. The quantitative estimate of drug-likeness (QED) is 0.439. The van der Waals surface area contributed by atoms with Gasteiger partial charge in [0.05, 0.1) is 24.1 Å². The van der Waals surface area contributed by atoms with Crippen LogP contribution >= 0.6 is 0 Å². The van der Waals surface area contributed by atoms with Crippen molar-refractivity contribution < 1.29 is 18.7 Å². The predicted molar refractivity (Wildman–Crippen MR) is 129 cm³/mol. The second-order valence-corrected chi connectivity index (χ2v) is 8.43. The van der Waals surface area contributed by atoms with E-state index >= 15 is 0 Å². The number of nitrogens with one attached hydrogen (secondary N) is 1. The molecule has 0 radical (unpaired) electrons. The molecule has 2 aromatic heterocycles. The topological polar surface area (TPSA) is 95.5 Å². The number of aromatic nitrogens is 2. The maximum absolute atomic E-state index is 13.0. The van der Waals surface area contributed by atoms with E-state index in [1.807, 2.05) is 44.2 Å². The number of anilines is 1. The zero-order valence-corrected chi connectivity index (χ0v) is 19.8. The number of ether oxygens (including phenoxy) is 1. The highest BCUT2D eigenvalue weighted by molar-refractivity contribution is 5.96. The molecule has 4 rings (SSSR count). The van der Waals surface area contributed by atoms with Crippen molar-refractivity contribution in [1.82, 2.24) is 9.36 Å². The van der Waals surface area contributed by atoms with Crippen molar-refractivity contribution in [2.75, 3.05) is 5.32 Å². The normalized spacial score (nSPS) is 12.0.